The van der Waals surface area contributed by atoms with Crippen LogP contribution in [-0.4, -0.2) is 28.2 Å². The molecule has 0 aromatic heterocycles. The minimum Gasteiger partial charge on any atom is -0.306 e. The molecular weight excluding hydrogens is 362 g/mol. The summed E-state index contributed by atoms with van der Waals surface area (Å²) in [7, 11) is 0. The molecule has 0 spiro atoms. The van der Waals surface area contributed by atoms with Crippen molar-refractivity contribution in [2.45, 2.75) is 13.0 Å². The van der Waals surface area contributed by atoms with Gasteiger partial charge in [0.25, 0.3) is 11.4 Å². The Balaban J connectivity index is 1.87. The second kappa shape index (κ2) is 7.93. The lowest BCUT2D eigenvalue weighted by atomic mass is 9.90. The highest BCUT2D eigenvalue weighted by atomic mass is 16.6. The predicted molar refractivity (Wildman–Crippen MR) is 105 cm³/mol. The van der Waals surface area contributed by atoms with Gasteiger partial charge < -0.3 is 5.32 Å². The Morgan fingerprint density at radius 3 is 1.82 bits per heavy atom. The number of piperidine rings is 1. The Bertz CT molecular complexity index is 992. The highest BCUT2D eigenvalue weighted by Crippen LogP contribution is 2.23. The first-order valence-corrected chi connectivity index (χ1v) is 8.54. The van der Waals surface area contributed by atoms with Crippen molar-refractivity contribution in [2.24, 2.45) is 0 Å². The van der Waals surface area contributed by atoms with Gasteiger partial charge in [0.1, 0.15) is 0 Å². The lowest BCUT2D eigenvalue weighted by Crippen LogP contribution is -2.40. The smallest absolute Gasteiger partial charge is 0.269 e. The van der Waals surface area contributed by atoms with E-state index in [2.05, 4.69) is 5.32 Å². The number of rotatable bonds is 4. The molecule has 28 heavy (non-hydrogen) atoms. The molecule has 0 bridgehead atoms. The van der Waals surface area contributed by atoms with Crippen molar-refractivity contribution < 1.29 is 14.6 Å². The van der Waals surface area contributed by atoms with Gasteiger partial charge in [0.05, 0.1) is 9.85 Å². The number of hydrogen-bond acceptors (Lipinski definition) is 6. The van der Waals surface area contributed by atoms with Gasteiger partial charge in [-0.25, -0.2) is 0 Å². The third-order valence-corrected chi connectivity index (χ3v) is 4.49. The quantitative estimate of drug-likeness (QED) is 0.494. The molecule has 0 radical (unpaired) electrons. The zero-order valence-electron chi connectivity index (χ0n) is 15.0. The van der Waals surface area contributed by atoms with Gasteiger partial charge in [-0.15, -0.1) is 0 Å². The number of nitro benzene ring substituents is 2. The third kappa shape index (κ3) is 4.18. The van der Waals surface area contributed by atoms with Crippen molar-refractivity contribution >= 4 is 29.3 Å². The van der Waals surface area contributed by atoms with Gasteiger partial charge in [0.15, 0.2) is 5.78 Å². The van der Waals surface area contributed by atoms with Crippen LogP contribution >= 0.6 is 0 Å². The SMILES string of the molecule is C[C@@H]1NC/C(=C\c2ccc([N+](=O)[O-])cc2)C(=O)/C1=C/c1ccc([N+](=O)[O-])cc1. The molecular formula is C20H17N3O5. The summed E-state index contributed by atoms with van der Waals surface area (Å²) in [5, 5.41) is 24.7. The van der Waals surface area contributed by atoms with Gasteiger partial charge >= 0.3 is 0 Å². The van der Waals surface area contributed by atoms with Gasteiger partial charge in [-0.2, -0.15) is 0 Å². The number of Topliss-reactive ketones (excluding diaryl/α,β-unsaturated/α-hetero) is 1. The predicted octanol–water partition coefficient (Wildman–Crippen LogP) is 3.53. The van der Waals surface area contributed by atoms with E-state index in [9.17, 15) is 25.0 Å². The number of non-ortho nitro benzene ring substituents is 2. The summed E-state index contributed by atoms with van der Waals surface area (Å²) in [6.07, 6.45) is 3.42. The number of nitro groups is 2. The van der Waals surface area contributed by atoms with Crippen LogP contribution in [-0.2, 0) is 4.79 Å². The fourth-order valence-electron chi connectivity index (χ4n) is 2.91. The maximum absolute atomic E-state index is 12.9. The van der Waals surface area contributed by atoms with E-state index in [0.29, 0.717) is 28.8 Å². The molecule has 1 aliphatic rings. The number of nitrogens with zero attached hydrogens (tertiary/aromatic N) is 2. The van der Waals surface area contributed by atoms with Crippen molar-refractivity contribution in [1.82, 2.24) is 5.32 Å². The highest BCUT2D eigenvalue weighted by Gasteiger charge is 2.26. The number of benzene rings is 2. The molecule has 0 aliphatic carbocycles. The van der Waals surface area contributed by atoms with Crippen molar-refractivity contribution in [3.8, 4) is 0 Å². The van der Waals surface area contributed by atoms with Crippen LogP contribution in [0.1, 0.15) is 18.1 Å². The Morgan fingerprint density at radius 1 is 0.893 bits per heavy atom. The fraction of sp³-hybridized carbons (Fsp3) is 0.150. The summed E-state index contributed by atoms with van der Waals surface area (Å²) >= 11 is 0. The molecule has 1 N–H and O–H groups in total. The minimum absolute atomic E-state index is 0.0115. The van der Waals surface area contributed by atoms with E-state index in [-0.39, 0.29) is 23.2 Å². The lowest BCUT2D eigenvalue weighted by Gasteiger charge is -2.25. The molecule has 142 valence electrons. The van der Waals surface area contributed by atoms with Gasteiger partial charge in [-0.1, -0.05) is 0 Å². The second-order valence-corrected chi connectivity index (χ2v) is 6.40. The Hall–Kier alpha value is -3.65. The van der Waals surface area contributed by atoms with Gasteiger partial charge in [-0.3, -0.25) is 25.0 Å². The molecule has 0 amide bonds. The van der Waals surface area contributed by atoms with E-state index in [0.717, 1.165) is 0 Å². The standard InChI is InChI=1S/C20H17N3O5/c1-13-19(11-15-4-8-18(9-5-15)23(27)28)20(24)16(12-21-13)10-14-2-6-17(7-3-14)22(25)26/h2-11,13,21H,12H2,1H3/b16-10+,19-11+/t13-/m0/s1. The summed E-state index contributed by atoms with van der Waals surface area (Å²) < 4.78 is 0. The van der Waals surface area contributed by atoms with Crippen LogP contribution in [0.3, 0.4) is 0 Å². The van der Waals surface area contributed by atoms with Gasteiger partial charge in [-0.05, 0) is 54.5 Å². The van der Waals surface area contributed by atoms with E-state index >= 15 is 0 Å². The second-order valence-electron chi connectivity index (χ2n) is 6.40. The summed E-state index contributed by atoms with van der Waals surface area (Å²) in [5.41, 5.74) is 2.46. The normalized spacial score (nSPS) is 19.8. The van der Waals surface area contributed by atoms with E-state index in [1.54, 1.807) is 36.4 Å². The zero-order chi connectivity index (χ0) is 20.3. The largest absolute Gasteiger partial charge is 0.306 e. The number of hydrogen-bond donors (Lipinski definition) is 1. The molecule has 1 heterocycles. The van der Waals surface area contributed by atoms with Crippen LogP contribution in [0.5, 0.6) is 0 Å². The Morgan fingerprint density at radius 2 is 1.36 bits per heavy atom. The first-order valence-electron chi connectivity index (χ1n) is 8.54. The average molecular weight is 379 g/mol. The van der Waals surface area contributed by atoms with E-state index in [4.69, 9.17) is 0 Å². The zero-order valence-corrected chi connectivity index (χ0v) is 15.0. The van der Waals surface area contributed by atoms with Crippen LogP contribution in [0.2, 0.25) is 0 Å². The molecule has 3 rings (SSSR count). The summed E-state index contributed by atoms with van der Waals surface area (Å²) in [4.78, 5) is 33.5. The average Bonchev–Trinajstić information content (AvgIpc) is 2.68. The summed E-state index contributed by atoms with van der Waals surface area (Å²) in [6, 6.07) is 11.8. The van der Waals surface area contributed by atoms with Crippen molar-refractivity contribution in [1.29, 1.82) is 0 Å². The topological polar surface area (TPSA) is 115 Å². The Kier molecular flexibility index (Phi) is 5.42. The van der Waals surface area contributed by atoms with Gasteiger partial charge in [0.2, 0.25) is 0 Å². The third-order valence-electron chi connectivity index (χ3n) is 4.49. The number of carbonyl (C=O) groups excluding carboxylic acids is 1. The maximum Gasteiger partial charge on any atom is 0.269 e. The summed E-state index contributed by atoms with van der Waals surface area (Å²) in [5.74, 6) is -0.122. The summed E-state index contributed by atoms with van der Waals surface area (Å²) in [6.45, 7) is 2.26. The van der Waals surface area contributed by atoms with Crippen molar-refractivity contribution in [3.63, 3.8) is 0 Å². The molecule has 1 aliphatic heterocycles. The molecule has 1 fully saturated rings. The van der Waals surface area contributed by atoms with E-state index < -0.39 is 9.85 Å². The van der Waals surface area contributed by atoms with Crippen molar-refractivity contribution in [3.05, 3.63) is 91.0 Å². The molecule has 0 unspecified atom stereocenters. The van der Waals surface area contributed by atoms with Crippen LogP contribution in [0.25, 0.3) is 12.2 Å². The minimum atomic E-state index is -0.475. The lowest BCUT2D eigenvalue weighted by molar-refractivity contribution is -0.385. The molecule has 1 atom stereocenters. The Labute approximate surface area is 160 Å². The van der Waals surface area contributed by atoms with Crippen molar-refractivity contribution in [2.75, 3.05) is 6.54 Å². The van der Waals surface area contributed by atoms with Crippen LogP contribution in [0, 0.1) is 20.2 Å². The molecule has 2 aromatic rings. The van der Waals surface area contributed by atoms with E-state index in [1.165, 1.54) is 24.3 Å². The maximum atomic E-state index is 12.9. The molecule has 0 saturated carbocycles. The van der Waals surface area contributed by atoms with E-state index in [1.807, 2.05) is 6.92 Å². The highest BCUT2D eigenvalue weighted by molar-refractivity contribution is 6.15. The monoisotopic (exact) mass is 379 g/mol. The molecule has 8 nitrogen and oxygen atoms in total. The fourth-order valence-corrected chi connectivity index (χ4v) is 2.91. The number of carbonyl (C=O) groups is 1. The van der Waals surface area contributed by atoms with Crippen LogP contribution in [0.4, 0.5) is 11.4 Å². The number of ketones is 1. The first kappa shape index (κ1) is 19.1. The molecule has 8 heteroatoms. The number of nitrogens with one attached hydrogen (secondary N) is 1. The van der Waals surface area contributed by atoms with Gasteiger partial charge in [0, 0.05) is 48.0 Å². The first-order chi connectivity index (χ1) is 13.3. The van der Waals surface area contributed by atoms with Crippen LogP contribution < -0.4 is 5.32 Å². The molecule has 1 saturated heterocycles. The van der Waals surface area contributed by atoms with Crippen LogP contribution in [0.15, 0.2) is 59.7 Å². The molecule has 2 aromatic carbocycles.